The lowest BCUT2D eigenvalue weighted by Gasteiger charge is -2.33. The lowest BCUT2D eigenvalue weighted by atomic mass is 10.1. The van der Waals surface area contributed by atoms with Crippen molar-refractivity contribution in [1.82, 2.24) is 19.2 Å². The van der Waals surface area contributed by atoms with E-state index in [4.69, 9.17) is 0 Å². The lowest BCUT2D eigenvalue weighted by molar-refractivity contribution is 0.178. The second kappa shape index (κ2) is 8.00. The van der Waals surface area contributed by atoms with Gasteiger partial charge in [0, 0.05) is 37.3 Å². The largest absolute Gasteiger partial charge is 0.293 e. The van der Waals surface area contributed by atoms with E-state index >= 15 is 0 Å². The highest BCUT2D eigenvalue weighted by Crippen LogP contribution is 2.23. The van der Waals surface area contributed by atoms with Crippen molar-refractivity contribution in [2.45, 2.75) is 18.4 Å². The highest BCUT2D eigenvalue weighted by atomic mass is 32.2. The molecule has 1 saturated heterocycles. The number of aryl methyl sites for hydroxylation is 1. The molecule has 0 spiro atoms. The molecule has 158 valence electrons. The van der Waals surface area contributed by atoms with Crippen molar-refractivity contribution in [2.24, 2.45) is 0 Å². The smallest absolute Gasteiger partial charge is 0.243 e. The molecule has 0 atom stereocenters. The van der Waals surface area contributed by atoms with Crippen LogP contribution in [0.3, 0.4) is 0 Å². The molecule has 0 unspecified atom stereocenters. The predicted molar refractivity (Wildman–Crippen MR) is 122 cm³/mol. The Morgan fingerprint density at radius 2 is 1.55 bits per heavy atom. The standard InChI is InChI=1S/C24H24N4O2S/c1-18-22-8-4-5-9-23(22)26-24(25-18)17-27-12-14-28(15-13-27)31(29,30)21-11-10-19-6-2-3-7-20(19)16-21/h2-11,16H,12-15,17H2,1H3. The highest BCUT2D eigenvalue weighted by molar-refractivity contribution is 7.89. The molecule has 0 radical (unpaired) electrons. The van der Waals surface area contributed by atoms with Crippen molar-refractivity contribution in [1.29, 1.82) is 0 Å². The van der Waals surface area contributed by atoms with Crippen LogP contribution < -0.4 is 0 Å². The Bertz CT molecular complexity index is 1360. The number of benzene rings is 3. The van der Waals surface area contributed by atoms with Crippen LogP contribution in [0.25, 0.3) is 21.7 Å². The average Bonchev–Trinajstić information content (AvgIpc) is 2.79. The molecule has 31 heavy (non-hydrogen) atoms. The summed E-state index contributed by atoms with van der Waals surface area (Å²) in [5, 5.41) is 3.04. The van der Waals surface area contributed by atoms with Gasteiger partial charge in [-0.3, -0.25) is 4.90 Å². The van der Waals surface area contributed by atoms with Gasteiger partial charge in [-0.05, 0) is 35.9 Å². The van der Waals surface area contributed by atoms with Crippen LogP contribution in [0.15, 0.2) is 71.6 Å². The van der Waals surface area contributed by atoms with E-state index in [9.17, 15) is 8.42 Å². The summed E-state index contributed by atoms with van der Waals surface area (Å²) < 4.78 is 27.9. The van der Waals surface area contributed by atoms with E-state index in [-0.39, 0.29) is 0 Å². The Morgan fingerprint density at radius 3 is 2.35 bits per heavy atom. The molecule has 0 N–H and O–H groups in total. The van der Waals surface area contributed by atoms with Crippen molar-refractivity contribution in [3.8, 4) is 0 Å². The van der Waals surface area contributed by atoms with Gasteiger partial charge in [-0.25, -0.2) is 18.4 Å². The molecule has 0 bridgehead atoms. The summed E-state index contributed by atoms with van der Waals surface area (Å²) in [6.07, 6.45) is 0. The molecule has 0 aliphatic carbocycles. The maximum absolute atomic E-state index is 13.2. The van der Waals surface area contributed by atoms with Crippen LogP contribution in [-0.4, -0.2) is 53.8 Å². The van der Waals surface area contributed by atoms with Crippen LogP contribution in [-0.2, 0) is 16.6 Å². The average molecular weight is 433 g/mol. The van der Waals surface area contributed by atoms with Crippen LogP contribution in [0, 0.1) is 6.92 Å². The van der Waals surface area contributed by atoms with Gasteiger partial charge in [-0.15, -0.1) is 0 Å². The Labute approximate surface area is 182 Å². The minimum atomic E-state index is -3.51. The van der Waals surface area contributed by atoms with Crippen molar-refractivity contribution < 1.29 is 8.42 Å². The first-order valence-electron chi connectivity index (χ1n) is 10.4. The fraction of sp³-hybridized carbons (Fsp3) is 0.250. The summed E-state index contributed by atoms with van der Waals surface area (Å²) in [4.78, 5) is 11.9. The second-order valence-electron chi connectivity index (χ2n) is 7.93. The number of hydrogen-bond donors (Lipinski definition) is 0. The minimum Gasteiger partial charge on any atom is -0.293 e. The molecule has 1 aliphatic rings. The van der Waals surface area contributed by atoms with Gasteiger partial charge in [-0.2, -0.15) is 4.31 Å². The number of fused-ring (bicyclic) bond motifs is 2. The van der Waals surface area contributed by atoms with E-state index < -0.39 is 10.0 Å². The van der Waals surface area contributed by atoms with Crippen molar-refractivity contribution >= 4 is 31.7 Å². The fourth-order valence-corrected chi connectivity index (χ4v) is 5.63. The summed E-state index contributed by atoms with van der Waals surface area (Å²) in [5.41, 5.74) is 1.92. The molecule has 6 nitrogen and oxygen atoms in total. The number of para-hydroxylation sites is 1. The number of piperazine rings is 1. The van der Waals surface area contributed by atoms with Gasteiger partial charge < -0.3 is 0 Å². The van der Waals surface area contributed by atoms with Crippen LogP contribution in [0.1, 0.15) is 11.5 Å². The van der Waals surface area contributed by atoms with Crippen molar-refractivity contribution in [2.75, 3.05) is 26.2 Å². The molecular weight excluding hydrogens is 408 g/mol. The molecule has 1 fully saturated rings. The van der Waals surface area contributed by atoms with Crippen LogP contribution >= 0.6 is 0 Å². The summed E-state index contributed by atoms with van der Waals surface area (Å²) >= 11 is 0. The Balaban J connectivity index is 1.29. The first-order chi connectivity index (χ1) is 15.0. The maximum Gasteiger partial charge on any atom is 0.243 e. The van der Waals surface area contributed by atoms with Gasteiger partial charge in [0.2, 0.25) is 10.0 Å². The third-order valence-electron chi connectivity index (χ3n) is 5.90. The monoisotopic (exact) mass is 432 g/mol. The van der Waals surface area contributed by atoms with E-state index in [2.05, 4.69) is 14.9 Å². The Morgan fingerprint density at radius 1 is 0.839 bits per heavy atom. The van der Waals surface area contributed by atoms with Crippen LogP contribution in [0.5, 0.6) is 0 Å². The molecule has 2 heterocycles. The van der Waals surface area contributed by atoms with E-state index in [0.717, 1.165) is 33.2 Å². The number of aromatic nitrogens is 2. The minimum absolute atomic E-state index is 0.355. The zero-order chi connectivity index (χ0) is 21.4. The van der Waals surface area contributed by atoms with E-state index in [0.29, 0.717) is 37.6 Å². The SMILES string of the molecule is Cc1nc(CN2CCN(S(=O)(=O)c3ccc4ccccc4c3)CC2)nc2ccccc12. The molecule has 0 amide bonds. The zero-order valence-corrected chi connectivity index (χ0v) is 18.2. The summed E-state index contributed by atoms with van der Waals surface area (Å²) in [7, 11) is -3.51. The first-order valence-corrected chi connectivity index (χ1v) is 11.9. The van der Waals surface area contributed by atoms with Crippen LogP contribution in [0.2, 0.25) is 0 Å². The topological polar surface area (TPSA) is 66.4 Å². The second-order valence-corrected chi connectivity index (χ2v) is 9.87. The molecule has 3 aromatic carbocycles. The third-order valence-corrected chi connectivity index (χ3v) is 7.79. The van der Waals surface area contributed by atoms with Gasteiger partial charge >= 0.3 is 0 Å². The lowest BCUT2D eigenvalue weighted by Crippen LogP contribution is -2.48. The maximum atomic E-state index is 13.2. The molecule has 4 aromatic rings. The molecule has 0 saturated carbocycles. The van der Waals surface area contributed by atoms with Gasteiger partial charge in [0.05, 0.1) is 17.0 Å². The fourth-order valence-electron chi connectivity index (χ4n) is 4.17. The van der Waals surface area contributed by atoms with Gasteiger partial charge in [-0.1, -0.05) is 48.5 Å². The number of rotatable bonds is 4. The van der Waals surface area contributed by atoms with Crippen molar-refractivity contribution in [3.63, 3.8) is 0 Å². The third kappa shape index (κ3) is 3.92. The molecule has 1 aromatic heterocycles. The van der Waals surface area contributed by atoms with E-state index in [1.165, 1.54) is 0 Å². The van der Waals surface area contributed by atoms with Crippen LogP contribution in [0.4, 0.5) is 0 Å². The molecule has 1 aliphatic heterocycles. The highest BCUT2D eigenvalue weighted by Gasteiger charge is 2.29. The zero-order valence-electron chi connectivity index (χ0n) is 17.4. The van der Waals surface area contributed by atoms with Gasteiger partial charge in [0.15, 0.2) is 0 Å². The number of hydrogen-bond acceptors (Lipinski definition) is 5. The normalized spacial score (nSPS) is 16.2. The summed E-state index contributed by atoms with van der Waals surface area (Å²) in [6, 6.07) is 21.2. The van der Waals surface area contributed by atoms with Crippen molar-refractivity contribution in [3.05, 3.63) is 78.2 Å². The number of nitrogens with zero attached hydrogens (tertiary/aromatic N) is 4. The molecule has 5 rings (SSSR count). The predicted octanol–water partition coefficient (Wildman–Crippen LogP) is 3.60. The van der Waals surface area contributed by atoms with E-state index in [1.54, 1.807) is 16.4 Å². The quantitative estimate of drug-likeness (QED) is 0.493. The number of sulfonamides is 1. The molecule has 7 heteroatoms. The van der Waals surface area contributed by atoms with E-state index in [1.807, 2.05) is 61.5 Å². The Kier molecular flexibility index (Phi) is 5.17. The molecular formula is C24H24N4O2S. The summed E-state index contributed by atoms with van der Waals surface area (Å²) in [5.74, 6) is 0.780. The Hall–Kier alpha value is -2.87. The van der Waals surface area contributed by atoms with Gasteiger partial charge in [0.25, 0.3) is 0 Å². The summed E-state index contributed by atoms with van der Waals surface area (Å²) in [6.45, 7) is 4.85. The first kappa shape index (κ1) is 20.1. The van der Waals surface area contributed by atoms with Gasteiger partial charge in [0.1, 0.15) is 5.82 Å².